The lowest BCUT2D eigenvalue weighted by atomic mass is 9.94. The van der Waals surface area contributed by atoms with Crippen molar-refractivity contribution in [2.75, 3.05) is 98.5 Å². The number of carbonyl (C=O) groups is 6. The molecule has 0 aliphatic rings. The van der Waals surface area contributed by atoms with E-state index in [0.717, 1.165) is 239 Å². The molecule has 0 fully saturated rings. The van der Waals surface area contributed by atoms with E-state index in [9.17, 15) is 33.9 Å². The molecule has 2 amide bonds. The van der Waals surface area contributed by atoms with Gasteiger partial charge in [-0.1, -0.05) is 358 Å². The van der Waals surface area contributed by atoms with Crippen molar-refractivity contribution in [3.05, 3.63) is 0 Å². The van der Waals surface area contributed by atoms with Crippen molar-refractivity contribution in [1.82, 2.24) is 19.6 Å². The summed E-state index contributed by atoms with van der Waals surface area (Å²) in [4.78, 5) is 88.5. The molecule has 0 radical (unpaired) electrons. The van der Waals surface area contributed by atoms with Gasteiger partial charge < -0.3 is 43.7 Å². The number of esters is 4. The summed E-state index contributed by atoms with van der Waals surface area (Å²) in [7, 11) is 0. The van der Waals surface area contributed by atoms with Crippen molar-refractivity contribution >= 4 is 35.7 Å². The van der Waals surface area contributed by atoms with E-state index in [-0.39, 0.29) is 36.4 Å². The molecule has 4 unspecified atom stereocenters. The smallest absolute Gasteiger partial charge is 0.305 e. The molecule has 0 aromatic rings. The van der Waals surface area contributed by atoms with E-state index in [4.69, 9.17) is 18.9 Å². The summed E-state index contributed by atoms with van der Waals surface area (Å²) in [6, 6.07) is 0. The number of aliphatic hydroxyl groups excluding tert-OH is 1. The fourth-order valence-corrected chi connectivity index (χ4v) is 17.8. The van der Waals surface area contributed by atoms with Crippen LogP contribution in [0.3, 0.4) is 0 Å². The van der Waals surface area contributed by atoms with Gasteiger partial charge in [-0.2, -0.15) is 0 Å². The number of hydrogen-bond donors (Lipinski definition) is 1. The zero-order chi connectivity index (χ0) is 89.8. The Morgan fingerprint density at radius 1 is 0.195 bits per heavy atom. The molecule has 0 aliphatic carbocycles. The Kier molecular flexibility index (Phi) is 92.3. The third-order valence-electron chi connectivity index (χ3n) is 26.3. The predicted molar refractivity (Wildman–Crippen MR) is 524 cm³/mol. The lowest BCUT2D eigenvalue weighted by molar-refractivity contribution is -0.146. The molecular formula is C108H210N4O11. The fourth-order valence-electron chi connectivity index (χ4n) is 17.8. The molecule has 15 nitrogen and oxygen atoms in total. The van der Waals surface area contributed by atoms with Gasteiger partial charge in [0.1, 0.15) is 0 Å². The molecule has 0 heterocycles. The zero-order valence-corrected chi connectivity index (χ0v) is 83.6. The number of amides is 2. The summed E-state index contributed by atoms with van der Waals surface area (Å²) in [5.74, 6) is 2.08. The van der Waals surface area contributed by atoms with Gasteiger partial charge in [-0.05, 0) is 204 Å². The van der Waals surface area contributed by atoms with Crippen molar-refractivity contribution in [3.63, 3.8) is 0 Å². The SMILES string of the molecule is CCCCCCCCCN(CCO)C(=O)CCCCN(CCCCCC(=O)OCC(CCCCCC)CCCCCCCC)CCCCCC(=O)OCC(CCCCCCCC)CCCCCCCCCCC(CCCCCC)COC(=O)CCCCCN(CCCCCC(=O)OCC(CCCC)CCCCCC)CCCC(=O)N(CCCC)CCCC. The summed E-state index contributed by atoms with van der Waals surface area (Å²) in [5.41, 5.74) is 0. The first-order valence-electron chi connectivity index (χ1n) is 54.5. The van der Waals surface area contributed by atoms with Crippen molar-refractivity contribution in [3.8, 4) is 0 Å². The first kappa shape index (κ1) is 120. The first-order valence-corrected chi connectivity index (χ1v) is 54.5. The molecule has 0 aliphatic heterocycles. The van der Waals surface area contributed by atoms with Crippen LogP contribution < -0.4 is 0 Å². The van der Waals surface area contributed by atoms with Gasteiger partial charge in [0.05, 0.1) is 33.0 Å². The van der Waals surface area contributed by atoms with Crippen LogP contribution in [0.2, 0.25) is 0 Å². The van der Waals surface area contributed by atoms with Crippen LogP contribution in [0.15, 0.2) is 0 Å². The maximum absolute atomic E-state index is 13.4. The van der Waals surface area contributed by atoms with E-state index in [1.165, 1.54) is 257 Å². The normalized spacial score (nSPS) is 12.7. The number of rotatable bonds is 100. The monoisotopic (exact) mass is 1740 g/mol. The first-order chi connectivity index (χ1) is 60.3. The van der Waals surface area contributed by atoms with Crippen LogP contribution in [0.25, 0.3) is 0 Å². The number of hydrogen-bond acceptors (Lipinski definition) is 13. The van der Waals surface area contributed by atoms with Gasteiger partial charge >= 0.3 is 23.9 Å². The van der Waals surface area contributed by atoms with Gasteiger partial charge in [-0.3, -0.25) is 28.8 Å². The predicted octanol–water partition coefficient (Wildman–Crippen LogP) is 29.9. The summed E-state index contributed by atoms with van der Waals surface area (Å²) < 4.78 is 24.0. The van der Waals surface area contributed by atoms with Crippen molar-refractivity contribution in [1.29, 1.82) is 0 Å². The Morgan fingerprint density at radius 2 is 0.382 bits per heavy atom. The minimum absolute atomic E-state index is 0.00226. The zero-order valence-electron chi connectivity index (χ0n) is 83.6. The van der Waals surface area contributed by atoms with Crippen molar-refractivity contribution in [2.45, 2.75) is 537 Å². The number of unbranched alkanes of at least 4 members (excludes halogenated alkanes) is 44. The highest BCUT2D eigenvalue weighted by Crippen LogP contribution is 2.26. The molecule has 0 bridgehead atoms. The summed E-state index contributed by atoms with van der Waals surface area (Å²) >= 11 is 0. The van der Waals surface area contributed by atoms with Gasteiger partial charge in [0, 0.05) is 64.7 Å². The Morgan fingerprint density at radius 3 is 0.659 bits per heavy atom. The lowest BCUT2D eigenvalue weighted by Gasteiger charge is -2.25. The molecule has 123 heavy (non-hydrogen) atoms. The average Bonchev–Trinajstić information content (AvgIpc) is 0.937. The molecule has 0 spiro atoms. The third-order valence-corrected chi connectivity index (χ3v) is 26.3. The standard InChI is InChI=1S/C108H210N4O11/c1-10-19-28-34-41-46-67-92-112(93-94-113)103(114)78-62-68-88-109(84-63-47-58-81-106(117)121-96-100(72-52-32-23-14-5)74-54-42-35-29-20-11-2)85-64-48-59-82-108(119)123-98-102(75-55-43-36-30-21-12-3)77-57-45-40-38-37-39-44-56-76-101(73-53-33-24-15-6)97-122-107(118)83-61-50-66-87-110(89-69-79-104(115)111(90-26-17-8)91-27-18-9)86-65-49-60-80-105(116)120-95-99(70-25-16-7)71-51-31-22-13-4/h99-102,113H,10-98H2,1-9H3. The lowest BCUT2D eigenvalue weighted by Crippen LogP contribution is -2.34. The summed E-state index contributed by atoms with van der Waals surface area (Å²) in [6.07, 6.45) is 81.5. The largest absolute Gasteiger partial charge is 0.465 e. The quantitative estimate of drug-likeness (QED) is 0.0347. The van der Waals surface area contributed by atoms with Crippen LogP contribution >= 0.6 is 0 Å². The van der Waals surface area contributed by atoms with Crippen molar-refractivity contribution < 1.29 is 52.8 Å². The molecule has 0 saturated heterocycles. The maximum Gasteiger partial charge on any atom is 0.305 e. The van der Waals surface area contributed by atoms with Crippen LogP contribution in [-0.4, -0.2) is 159 Å². The summed E-state index contributed by atoms with van der Waals surface area (Å²) in [6.45, 7) is 31.0. The second-order valence-corrected chi connectivity index (χ2v) is 38.2. The Balaban J connectivity index is 5.36. The molecule has 15 heteroatoms. The van der Waals surface area contributed by atoms with Crippen molar-refractivity contribution in [2.24, 2.45) is 23.7 Å². The van der Waals surface area contributed by atoms with Crippen LogP contribution in [-0.2, 0) is 47.7 Å². The molecule has 1 N–H and O–H groups in total. The number of ether oxygens (including phenoxy) is 4. The van der Waals surface area contributed by atoms with Crippen LogP contribution in [0.5, 0.6) is 0 Å². The minimum Gasteiger partial charge on any atom is -0.465 e. The minimum atomic E-state index is -0.0506. The van der Waals surface area contributed by atoms with Gasteiger partial charge in [0.25, 0.3) is 0 Å². The van der Waals surface area contributed by atoms with Crippen LogP contribution in [0.4, 0.5) is 0 Å². The molecule has 0 rings (SSSR count). The Labute approximate surface area is 763 Å². The Hall–Kier alpha value is -3.30. The highest BCUT2D eigenvalue weighted by Gasteiger charge is 2.21. The Bertz CT molecular complexity index is 2270. The average molecular weight is 1740 g/mol. The van der Waals surface area contributed by atoms with Crippen LogP contribution in [0.1, 0.15) is 537 Å². The maximum atomic E-state index is 13.4. The molecule has 0 saturated carbocycles. The molecular weight excluding hydrogens is 1530 g/mol. The number of carbonyl (C=O) groups excluding carboxylic acids is 6. The van der Waals surface area contributed by atoms with E-state index >= 15 is 0 Å². The highest BCUT2D eigenvalue weighted by molar-refractivity contribution is 5.76. The third kappa shape index (κ3) is 81.7. The number of aliphatic hydroxyl groups is 1. The highest BCUT2D eigenvalue weighted by atomic mass is 16.5. The van der Waals surface area contributed by atoms with Crippen LogP contribution in [0, 0.1) is 23.7 Å². The second-order valence-electron chi connectivity index (χ2n) is 38.2. The number of nitrogens with zero attached hydrogens (tertiary/aromatic N) is 4. The van der Waals surface area contributed by atoms with E-state index in [1.54, 1.807) is 0 Å². The summed E-state index contributed by atoms with van der Waals surface area (Å²) in [5, 5.41) is 9.83. The molecule has 0 aromatic heterocycles. The fraction of sp³-hybridized carbons (Fsp3) is 0.944. The van der Waals surface area contributed by atoms with E-state index in [2.05, 4.69) is 77.0 Å². The second kappa shape index (κ2) is 94.8. The van der Waals surface area contributed by atoms with E-state index < -0.39 is 0 Å². The van der Waals surface area contributed by atoms with E-state index in [1.807, 2.05) is 4.90 Å². The van der Waals surface area contributed by atoms with Gasteiger partial charge in [-0.25, -0.2) is 0 Å². The van der Waals surface area contributed by atoms with E-state index in [0.29, 0.717) is 101 Å². The topological polar surface area (TPSA) is 173 Å². The van der Waals surface area contributed by atoms with Gasteiger partial charge in [0.15, 0.2) is 0 Å². The molecule has 0 aromatic carbocycles. The van der Waals surface area contributed by atoms with Gasteiger partial charge in [-0.15, -0.1) is 0 Å². The van der Waals surface area contributed by atoms with Gasteiger partial charge in [0.2, 0.25) is 11.8 Å². The molecule has 728 valence electrons. The molecule has 4 atom stereocenters.